The highest BCUT2D eigenvalue weighted by molar-refractivity contribution is 6.35. The molecule has 0 aromatic heterocycles. The first-order valence-electron chi connectivity index (χ1n) is 7.48. The number of carbonyl (C=O) groups excluding carboxylic acids is 2. The van der Waals surface area contributed by atoms with Gasteiger partial charge < -0.3 is 15.7 Å². The molecule has 0 radical (unpaired) electrons. The van der Waals surface area contributed by atoms with Gasteiger partial charge in [-0.2, -0.15) is 0 Å². The van der Waals surface area contributed by atoms with Gasteiger partial charge in [0.15, 0.2) is 0 Å². The SMILES string of the molecule is O=C(NCCC(O)c1ccccc1)C(=O)NC1CCCC1. The van der Waals surface area contributed by atoms with Crippen molar-refractivity contribution in [3.05, 3.63) is 35.9 Å². The summed E-state index contributed by atoms with van der Waals surface area (Å²) in [5.41, 5.74) is 0.808. The maximum Gasteiger partial charge on any atom is 0.309 e. The van der Waals surface area contributed by atoms with Crippen LogP contribution in [-0.4, -0.2) is 29.5 Å². The molecule has 3 N–H and O–H groups in total. The van der Waals surface area contributed by atoms with E-state index in [2.05, 4.69) is 10.6 Å². The molecule has 2 rings (SSSR count). The van der Waals surface area contributed by atoms with Gasteiger partial charge in [-0.1, -0.05) is 43.2 Å². The van der Waals surface area contributed by atoms with E-state index in [1.54, 1.807) is 0 Å². The van der Waals surface area contributed by atoms with Crippen LogP contribution in [0.2, 0.25) is 0 Å². The van der Waals surface area contributed by atoms with Crippen LogP contribution in [0.15, 0.2) is 30.3 Å². The van der Waals surface area contributed by atoms with E-state index >= 15 is 0 Å². The third-order valence-electron chi connectivity index (χ3n) is 3.78. The van der Waals surface area contributed by atoms with Crippen LogP contribution >= 0.6 is 0 Å². The zero-order valence-electron chi connectivity index (χ0n) is 12.0. The molecule has 21 heavy (non-hydrogen) atoms. The van der Waals surface area contributed by atoms with Crippen molar-refractivity contribution >= 4 is 11.8 Å². The number of hydrogen-bond acceptors (Lipinski definition) is 3. The summed E-state index contributed by atoms with van der Waals surface area (Å²) in [4.78, 5) is 23.3. The van der Waals surface area contributed by atoms with E-state index in [9.17, 15) is 14.7 Å². The summed E-state index contributed by atoms with van der Waals surface area (Å²) in [5.74, 6) is -1.20. The van der Waals surface area contributed by atoms with E-state index < -0.39 is 17.9 Å². The molecule has 1 aliphatic rings. The number of aliphatic hydroxyl groups is 1. The minimum absolute atomic E-state index is 0.137. The molecular weight excluding hydrogens is 268 g/mol. The van der Waals surface area contributed by atoms with Crippen molar-refractivity contribution in [2.24, 2.45) is 0 Å². The highest BCUT2D eigenvalue weighted by Gasteiger charge is 2.21. The summed E-state index contributed by atoms with van der Waals surface area (Å²) >= 11 is 0. The van der Waals surface area contributed by atoms with Crippen molar-refractivity contribution in [2.75, 3.05) is 6.54 Å². The van der Waals surface area contributed by atoms with Crippen molar-refractivity contribution < 1.29 is 14.7 Å². The fourth-order valence-corrected chi connectivity index (χ4v) is 2.57. The summed E-state index contributed by atoms with van der Waals surface area (Å²) in [7, 11) is 0. The van der Waals surface area contributed by atoms with Gasteiger partial charge in [0.1, 0.15) is 0 Å². The van der Waals surface area contributed by atoms with Crippen molar-refractivity contribution in [3.8, 4) is 0 Å². The van der Waals surface area contributed by atoms with E-state index in [4.69, 9.17) is 0 Å². The second-order valence-electron chi connectivity index (χ2n) is 5.43. The zero-order chi connectivity index (χ0) is 15.1. The Hall–Kier alpha value is -1.88. The van der Waals surface area contributed by atoms with E-state index in [1.807, 2.05) is 30.3 Å². The van der Waals surface area contributed by atoms with E-state index in [-0.39, 0.29) is 12.6 Å². The monoisotopic (exact) mass is 290 g/mol. The van der Waals surface area contributed by atoms with Gasteiger partial charge in [0.05, 0.1) is 6.10 Å². The first-order chi connectivity index (χ1) is 10.2. The summed E-state index contributed by atoms with van der Waals surface area (Å²) in [6.07, 6.45) is 3.86. The average molecular weight is 290 g/mol. The highest BCUT2D eigenvalue weighted by atomic mass is 16.3. The molecule has 1 saturated carbocycles. The van der Waals surface area contributed by atoms with Gasteiger partial charge in [-0.05, 0) is 24.8 Å². The predicted molar refractivity (Wildman–Crippen MR) is 79.4 cm³/mol. The van der Waals surface area contributed by atoms with E-state index in [1.165, 1.54) is 0 Å². The van der Waals surface area contributed by atoms with Crippen molar-refractivity contribution in [3.63, 3.8) is 0 Å². The van der Waals surface area contributed by atoms with Crippen LogP contribution in [0.4, 0.5) is 0 Å². The zero-order valence-corrected chi connectivity index (χ0v) is 12.0. The van der Waals surface area contributed by atoms with Gasteiger partial charge in [0, 0.05) is 12.6 Å². The Morgan fingerprint density at radius 3 is 2.48 bits per heavy atom. The van der Waals surface area contributed by atoms with Crippen LogP contribution in [0.5, 0.6) is 0 Å². The van der Waals surface area contributed by atoms with Crippen molar-refractivity contribution in [2.45, 2.75) is 44.2 Å². The van der Waals surface area contributed by atoms with E-state index in [0.29, 0.717) is 6.42 Å². The molecule has 0 aliphatic heterocycles. The molecule has 1 aromatic rings. The molecule has 1 atom stereocenters. The number of hydrogen-bond donors (Lipinski definition) is 3. The molecule has 1 aromatic carbocycles. The smallest absolute Gasteiger partial charge is 0.309 e. The van der Waals surface area contributed by atoms with Gasteiger partial charge in [0.25, 0.3) is 0 Å². The molecule has 0 bridgehead atoms. The number of aliphatic hydroxyl groups excluding tert-OH is 1. The molecule has 0 saturated heterocycles. The Morgan fingerprint density at radius 2 is 1.81 bits per heavy atom. The summed E-state index contributed by atoms with van der Waals surface area (Å²) in [6, 6.07) is 9.39. The second kappa shape index (κ2) is 7.78. The van der Waals surface area contributed by atoms with Crippen LogP contribution in [0, 0.1) is 0 Å². The molecule has 1 aliphatic carbocycles. The second-order valence-corrected chi connectivity index (χ2v) is 5.43. The van der Waals surface area contributed by atoms with Crippen LogP contribution in [0.1, 0.15) is 43.8 Å². The lowest BCUT2D eigenvalue weighted by atomic mass is 10.1. The summed E-state index contributed by atoms with van der Waals surface area (Å²) in [5, 5.41) is 15.2. The number of amides is 2. The number of nitrogens with one attached hydrogen (secondary N) is 2. The molecule has 0 heterocycles. The summed E-state index contributed by atoms with van der Waals surface area (Å²) < 4.78 is 0. The largest absolute Gasteiger partial charge is 0.388 e. The van der Waals surface area contributed by atoms with Crippen LogP contribution in [0.25, 0.3) is 0 Å². The third-order valence-corrected chi connectivity index (χ3v) is 3.78. The minimum atomic E-state index is -0.635. The van der Waals surface area contributed by atoms with Crippen molar-refractivity contribution in [1.29, 1.82) is 0 Å². The van der Waals surface area contributed by atoms with Crippen LogP contribution in [-0.2, 0) is 9.59 Å². The average Bonchev–Trinajstić information content (AvgIpc) is 3.00. The molecule has 5 nitrogen and oxygen atoms in total. The highest BCUT2D eigenvalue weighted by Crippen LogP contribution is 2.17. The van der Waals surface area contributed by atoms with Gasteiger partial charge >= 0.3 is 11.8 Å². The normalized spacial score (nSPS) is 16.4. The fourth-order valence-electron chi connectivity index (χ4n) is 2.57. The number of benzene rings is 1. The molecule has 1 fully saturated rings. The molecule has 1 unspecified atom stereocenters. The van der Waals surface area contributed by atoms with E-state index in [0.717, 1.165) is 31.2 Å². The van der Waals surface area contributed by atoms with Gasteiger partial charge in [-0.3, -0.25) is 9.59 Å². The van der Waals surface area contributed by atoms with Gasteiger partial charge in [0.2, 0.25) is 0 Å². The Balaban J connectivity index is 1.67. The summed E-state index contributed by atoms with van der Waals surface area (Å²) in [6.45, 7) is 0.271. The maximum absolute atomic E-state index is 11.7. The number of rotatable bonds is 5. The number of carbonyl (C=O) groups is 2. The Labute approximate surface area is 124 Å². The Bertz CT molecular complexity index is 470. The minimum Gasteiger partial charge on any atom is -0.388 e. The topological polar surface area (TPSA) is 78.4 Å². The lowest BCUT2D eigenvalue weighted by Crippen LogP contribution is -2.44. The first-order valence-corrected chi connectivity index (χ1v) is 7.48. The Kier molecular flexibility index (Phi) is 5.75. The van der Waals surface area contributed by atoms with Crippen LogP contribution < -0.4 is 10.6 Å². The lowest BCUT2D eigenvalue weighted by Gasteiger charge is -2.13. The third kappa shape index (κ3) is 4.86. The molecule has 5 heteroatoms. The molecule has 2 amide bonds. The molecule has 0 spiro atoms. The quantitative estimate of drug-likeness (QED) is 0.715. The molecule has 114 valence electrons. The standard InChI is InChI=1S/C16H22N2O3/c19-14(12-6-2-1-3-7-12)10-11-17-15(20)16(21)18-13-8-4-5-9-13/h1-3,6-7,13-14,19H,4-5,8-11H2,(H,17,20)(H,18,21). The van der Waals surface area contributed by atoms with Crippen molar-refractivity contribution in [1.82, 2.24) is 10.6 Å². The predicted octanol–water partition coefficient (Wildman–Crippen LogP) is 1.29. The maximum atomic E-state index is 11.7. The fraction of sp³-hybridized carbons (Fsp3) is 0.500. The molecular formula is C16H22N2O3. The van der Waals surface area contributed by atoms with Crippen LogP contribution in [0.3, 0.4) is 0 Å². The lowest BCUT2D eigenvalue weighted by molar-refractivity contribution is -0.139. The van der Waals surface area contributed by atoms with Gasteiger partial charge in [-0.25, -0.2) is 0 Å². The first kappa shape index (κ1) is 15.5. The Morgan fingerprint density at radius 1 is 1.14 bits per heavy atom. The van der Waals surface area contributed by atoms with Gasteiger partial charge in [-0.15, -0.1) is 0 Å².